The van der Waals surface area contributed by atoms with Crippen LogP contribution in [0.5, 0.6) is 5.75 Å². The number of fused-ring (bicyclic) bond motifs is 1. The van der Waals surface area contributed by atoms with Crippen LogP contribution in [-0.2, 0) is 17.8 Å². The van der Waals surface area contributed by atoms with E-state index in [1.54, 1.807) is 18.2 Å². The summed E-state index contributed by atoms with van der Waals surface area (Å²) in [4.78, 5) is 18.9. The lowest BCUT2D eigenvalue weighted by atomic mass is 10.00. The van der Waals surface area contributed by atoms with Crippen molar-refractivity contribution in [3.05, 3.63) is 65.5 Å². The molecule has 2 aromatic rings. The van der Waals surface area contributed by atoms with Crippen molar-refractivity contribution >= 4 is 35.8 Å². The van der Waals surface area contributed by atoms with Crippen molar-refractivity contribution in [3.63, 3.8) is 0 Å². The molecule has 1 aliphatic rings. The summed E-state index contributed by atoms with van der Waals surface area (Å²) >= 11 is 0. The molecular weight excluding hydrogens is 510 g/mol. The molecule has 8 heteroatoms. The maximum atomic E-state index is 13.7. The molecule has 0 spiro atoms. The van der Waals surface area contributed by atoms with Gasteiger partial charge in [-0.3, -0.25) is 4.79 Å². The van der Waals surface area contributed by atoms with E-state index < -0.39 is 5.82 Å². The summed E-state index contributed by atoms with van der Waals surface area (Å²) in [7, 11) is 0. The van der Waals surface area contributed by atoms with Gasteiger partial charge in [0.2, 0.25) is 5.91 Å². The molecule has 1 atom stereocenters. The van der Waals surface area contributed by atoms with Crippen LogP contribution in [0.2, 0.25) is 0 Å². The van der Waals surface area contributed by atoms with Crippen LogP contribution in [0, 0.1) is 5.82 Å². The lowest BCUT2D eigenvalue weighted by molar-refractivity contribution is -0.130. The van der Waals surface area contributed by atoms with E-state index in [0.717, 1.165) is 6.42 Å². The molecule has 0 fully saturated rings. The van der Waals surface area contributed by atoms with Gasteiger partial charge in [-0.25, -0.2) is 9.38 Å². The third-order valence-corrected chi connectivity index (χ3v) is 4.92. The minimum absolute atomic E-state index is 0. The number of nitrogens with zero attached hydrogens (tertiary/aromatic N) is 2. The monoisotopic (exact) mass is 540 g/mol. The van der Waals surface area contributed by atoms with Crippen molar-refractivity contribution in [2.24, 2.45) is 4.99 Å². The second-order valence-corrected chi connectivity index (χ2v) is 7.27. The van der Waals surface area contributed by atoms with E-state index in [-0.39, 0.29) is 48.3 Å². The van der Waals surface area contributed by atoms with E-state index in [1.807, 2.05) is 30.9 Å². The molecule has 1 unspecified atom stereocenters. The summed E-state index contributed by atoms with van der Waals surface area (Å²) in [5, 5.41) is 6.28. The minimum atomic E-state index is -0.390. The van der Waals surface area contributed by atoms with Gasteiger partial charge >= 0.3 is 0 Å². The Kier molecular flexibility index (Phi) is 10.0. The topological polar surface area (TPSA) is 66.0 Å². The van der Waals surface area contributed by atoms with Crippen LogP contribution in [0.15, 0.2) is 53.5 Å². The molecule has 3 rings (SSSR count). The van der Waals surface area contributed by atoms with E-state index in [4.69, 9.17) is 4.74 Å². The Morgan fingerprint density at radius 1 is 1.16 bits per heavy atom. The Morgan fingerprint density at radius 2 is 1.87 bits per heavy atom. The zero-order valence-electron chi connectivity index (χ0n) is 17.9. The molecule has 0 saturated carbocycles. The second kappa shape index (κ2) is 12.5. The van der Waals surface area contributed by atoms with Gasteiger partial charge in [0.25, 0.3) is 0 Å². The smallest absolute Gasteiger partial charge is 0.244 e. The van der Waals surface area contributed by atoms with Crippen LogP contribution in [-0.4, -0.2) is 49.0 Å². The number of amides is 1. The molecule has 0 radical (unpaired) electrons. The average molecular weight is 540 g/mol. The first kappa shape index (κ1) is 24.9. The Bertz CT molecular complexity index is 893. The zero-order chi connectivity index (χ0) is 21.3. The molecule has 6 nitrogen and oxygen atoms in total. The highest BCUT2D eigenvalue weighted by atomic mass is 127. The fraction of sp³-hybridized carbons (Fsp3) is 0.391. The lowest BCUT2D eigenvalue weighted by Gasteiger charge is -2.28. The van der Waals surface area contributed by atoms with Gasteiger partial charge in [-0.1, -0.05) is 36.4 Å². The van der Waals surface area contributed by atoms with Crippen LogP contribution in [0.3, 0.4) is 0 Å². The number of carbonyl (C=O) groups excluding carboxylic acids is 1. The van der Waals surface area contributed by atoms with Gasteiger partial charge < -0.3 is 20.3 Å². The van der Waals surface area contributed by atoms with Crippen LogP contribution in [0.1, 0.15) is 25.0 Å². The van der Waals surface area contributed by atoms with Crippen molar-refractivity contribution in [2.75, 3.05) is 26.2 Å². The number of benzene rings is 2. The Hall–Kier alpha value is -2.36. The number of rotatable bonds is 7. The molecule has 0 aliphatic carbocycles. The van der Waals surface area contributed by atoms with Gasteiger partial charge in [0.15, 0.2) is 17.5 Å². The largest absolute Gasteiger partial charge is 0.486 e. The molecule has 1 heterocycles. The minimum Gasteiger partial charge on any atom is -0.486 e. The van der Waals surface area contributed by atoms with E-state index in [2.05, 4.69) is 27.8 Å². The van der Waals surface area contributed by atoms with Gasteiger partial charge in [-0.05, 0) is 43.5 Å². The first-order chi connectivity index (χ1) is 14.6. The van der Waals surface area contributed by atoms with Crippen molar-refractivity contribution in [1.82, 2.24) is 15.5 Å². The zero-order valence-corrected chi connectivity index (χ0v) is 20.3. The van der Waals surface area contributed by atoms with E-state index >= 15 is 0 Å². The maximum absolute atomic E-state index is 13.7. The summed E-state index contributed by atoms with van der Waals surface area (Å²) in [6.45, 7) is 6.30. The number of aliphatic imine (C=N–C) groups is 1. The van der Waals surface area contributed by atoms with Crippen molar-refractivity contribution in [2.45, 2.75) is 32.9 Å². The fourth-order valence-electron chi connectivity index (χ4n) is 3.34. The molecule has 0 saturated heterocycles. The van der Waals surface area contributed by atoms with Gasteiger partial charge in [-0.2, -0.15) is 0 Å². The van der Waals surface area contributed by atoms with Crippen LogP contribution in [0.4, 0.5) is 4.39 Å². The standard InChI is InChI=1S/C23H29FN4O2.HI/c1-3-25-23(26-14-17(2)30-21-11-7-6-10-20(21)24)27-15-22(29)28-13-12-18-8-4-5-9-19(18)16-28;/h4-11,17H,3,12-16H2,1-2H3,(H2,25,26,27);1H. The molecule has 1 amide bonds. The highest BCUT2D eigenvalue weighted by Gasteiger charge is 2.20. The first-order valence-electron chi connectivity index (χ1n) is 10.3. The van der Waals surface area contributed by atoms with Gasteiger partial charge in [0.05, 0.1) is 6.54 Å². The number of halogens is 2. The highest BCUT2D eigenvalue weighted by molar-refractivity contribution is 14.0. The Balaban J connectivity index is 0.00000341. The van der Waals surface area contributed by atoms with Gasteiger partial charge in [0.1, 0.15) is 12.6 Å². The summed E-state index contributed by atoms with van der Waals surface area (Å²) < 4.78 is 19.4. The summed E-state index contributed by atoms with van der Waals surface area (Å²) in [6.07, 6.45) is 0.592. The highest BCUT2D eigenvalue weighted by Crippen LogP contribution is 2.18. The van der Waals surface area contributed by atoms with E-state index in [1.165, 1.54) is 17.2 Å². The Labute approximate surface area is 200 Å². The first-order valence-corrected chi connectivity index (χ1v) is 10.3. The number of carbonyl (C=O) groups is 1. The summed E-state index contributed by atoms with van der Waals surface area (Å²) in [5.74, 6) is 0.359. The van der Waals surface area contributed by atoms with Crippen molar-refractivity contribution < 1.29 is 13.9 Å². The predicted molar refractivity (Wildman–Crippen MR) is 131 cm³/mol. The third kappa shape index (κ3) is 7.37. The van der Waals surface area contributed by atoms with Crippen molar-refractivity contribution in [1.29, 1.82) is 0 Å². The summed E-state index contributed by atoms with van der Waals surface area (Å²) in [5.41, 5.74) is 2.51. The Morgan fingerprint density at radius 3 is 2.61 bits per heavy atom. The molecule has 2 aromatic carbocycles. The van der Waals surface area contributed by atoms with Crippen LogP contribution >= 0.6 is 24.0 Å². The van der Waals surface area contributed by atoms with E-state index in [0.29, 0.717) is 32.1 Å². The van der Waals surface area contributed by atoms with Crippen LogP contribution in [0.25, 0.3) is 0 Å². The average Bonchev–Trinajstić information content (AvgIpc) is 2.76. The number of hydrogen-bond donors (Lipinski definition) is 2. The van der Waals surface area contributed by atoms with Gasteiger partial charge in [-0.15, -0.1) is 24.0 Å². The molecule has 31 heavy (non-hydrogen) atoms. The maximum Gasteiger partial charge on any atom is 0.244 e. The molecular formula is C23H30FIN4O2. The quantitative estimate of drug-likeness (QED) is 0.321. The normalized spacial score (nSPS) is 14.2. The number of para-hydroxylation sites is 1. The molecule has 1 aliphatic heterocycles. The predicted octanol–water partition coefficient (Wildman–Crippen LogP) is 3.35. The third-order valence-electron chi connectivity index (χ3n) is 4.92. The lowest BCUT2D eigenvalue weighted by Crippen LogP contribution is -2.43. The second-order valence-electron chi connectivity index (χ2n) is 7.27. The van der Waals surface area contributed by atoms with Crippen LogP contribution < -0.4 is 15.4 Å². The fourth-order valence-corrected chi connectivity index (χ4v) is 3.34. The number of hydrogen-bond acceptors (Lipinski definition) is 3. The summed E-state index contributed by atoms with van der Waals surface area (Å²) in [6, 6.07) is 14.5. The molecule has 168 valence electrons. The number of nitrogens with one attached hydrogen (secondary N) is 2. The number of guanidine groups is 1. The van der Waals surface area contributed by atoms with E-state index in [9.17, 15) is 9.18 Å². The molecule has 0 aromatic heterocycles. The molecule has 0 bridgehead atoms. The SMILES string of the molecule is CCNC(=NCC(=O)N1CCc2ccccc2C1)NCC(C)Oc1ccccc1F.I. The molecule has 2 N–H and O–H groups in total. The van der Waals surface area contributed by atoms with Gasteiger partial charge in [0, 0.05) is 19.6 Å². The number of ether oxygens (including phenoxy) is 1. The van der Waals surface area contributed by atoms with Crippen molar-refractivity contribution in [3.8, 4) is 5.75 Å².